The van der Waals surface area contributed by atoms with Crippen LogP contribution < -0.4 is 5.32 Å². The molecule has 0 bridgehead atoms. The van der Waals surface area contributed by atoms with Crippen molar-refractivity contribution in [1.82, 2.24) is 5.32 Å². The lowest BCUT2D eigenvalue weighted by atomic mass is 10.1. The van der Waals surface area contributed by atoms with Gasteiger partial charge in [0.05, 0.1) is 19.2 Å². The summed E-state index contributed by atoms with van der Waals surface area (Å²) in [6.07, 6.45) is 2.73. The molecule has 1 fully saturated rings. The van der Waals surface area contributed by atoms with E-state index < -0.39 is 0 Å². The number of hydrogen-bond acceptors (Lipinski definition) is 5. The number of carbonyl (C=O) groups is 1. The smallest absolute Gasteiger partial charge is 0.341 e. The van der Waals surface area contributed by atoms with E-state index in [9.17, 15) is 4.79 Å². The molecule has 0 spiro atoms. The number of carbonyl (C=O) groups excluding carboxylic acids is 1. The average Bonchev–Trinajstić information content (AvgIpc) is 2.99. The van der Waals surface area contributed by atoms with Crippen molar-refractivity contribution in [2.24, 2.45) is 5.92 Å². The van der Waals surface area contributed by atoms with Gasteiger partial charge >= 0.3 is 5.97 Å². The third kappa shape index (κ3) is 3.51. The molecule has 1 saturated heterocycles. The SMILES string of the molecule is COC(=O)c1coc(CNCC2CCSC2)c1. The van der Waals surface area contributed by atoms with Gasteiger partial charge in [0.1, 0.15) is 12.0 Å². The standard InChI is InChI=1S/C12H17NO3S/c1-15-12(14)10-4-11(16-7-10)6-13-5-9-2-3-17-8-9/h4,7,9,13H,2-3,5-6,8H2,1H3. The molecule has 2 heterocycles. The van der Waals surface area contributed by atoms with E-state index in [-0.39, 0.29) is 5.97 Å². The lowest BCUT2D eigenvalue weighted by Gasteiger charge is -2.08. The zero-order valence-electron chi connectivity index (χ0n) is 9.90. The molecule has 1 aliphatic heterocycles. The number of ether oxygens (including phenoxy) is 1. The number of hydrogen-bond donors (Lipinski definition) is 1. The van der Waals surface area contributed by atoms with Crippen molar-refractivity contribution in [3.63, 3.8) is 0 Å². The van der Waals surface area contributed by atoms with Gasteiger partial charge in [-0.3, -0.25) is 0 Å². The Labute approximate surface area is 105 Å². The van der Waals surface area contributed by atoms with Crippen LogP contribution in [0.1, 0.15) is 22.5 Å². The Morgan fingerprint density at radius 2 is 2.59 bits per heavy atom. The number of thioether (sulfide) groups is 1. The molecule has 0 aromatic carbocycles. The minimum Gasteiger partial charge on any atom is -0.467 e. The van der Waals surface area contributed by atoms with Gasteiger partial charge in [-0.25, -0.2) is 4.79 Å². The molecular formula is C12H17NO3S. The highest BCUT2D eigenvalue weighted by Gasteiger charge is 2.15. The lowest BCUT2D eigenvalue weighted by molar-refractivity contribution is 0.0600. The second-order valence-corrected chi connectivity index (χ2v) is 5.30. The van der Waals surface area contributed by atoms with Crippen molar-refractivity contribution < 1.29 is 13.9 Å². The van der Waals surface area contributed by atoms with Gasteiger partial charge in [-0.05, 0) is 36.5 Å². The molecule has 1 unspecified atom stereocenters. The van der Waals surface area contributed by atoms with Gasteiger partial charge in [-0.15, -0.1) is 0 Å². The molecule has 0 amide bonds. The lowest BCUT2D eigenvalue weighted by Crippen LogP contribution is -2.21. The summed E-state index contributed by atoms with van der Waals surface area (Å²) in [5.74, 6) is 3.72. The second kappa shape index (κ2) is 6.12. The minimum atomic E-state index is -0.354. The van der Waals surface area contributed by atoms with Crippen molar-refractivity contribution in [3.8, 4) is 0 Å². The van der Waals surface area contributed by atoms with Gasteiger partial charge in [0, 0.05) is 0 Å². The summed E-state index contributed by atoms with van der Waals surface area (Å²) in [5.41, 5.74) is 0.473. The normalized spacial score (nSPS) is 19.5. The van der Waals surface area contributed by atoms with Crippen LogP contribution in [0.15, 0.2) is 16.7 Å². The predicted molar refractivity (Wildman–Crippen MR) is 67.2 cm³/mol. The van der Waals surface area contributed by atoms with Gasteiger partial charge in [-0.1, -0.05) is 0 Å². The maximum atomic E-state index is 11.2. The topological polar surface area (TPSA) is 51.5 Å². The van der Waals surface area contributed by atoms with Crippen molar-refractivity contribution in [1.29, 1.82) is 0 Å². The van der Waals surface area contributed by atoms with Crippen molar-refractivity contribution in [2.75, 3.05) is 25.2 Å². The number of rotatable bonds is 5. The molecule has 0 aliphatic carbocycles. The molecule has 2 rings (SSSR count). The summed E-state index contributed by atoms with van der Waals surface area (Å²) < 4.78 is 9.90. The first-order chi connectivity index (χ1) is 8.29. The highest BCUT2D eigenvalue weighted by atomic mass is 32.2. The van der Waals surface area contributed by atoms with E-state index in [0.29, 0.717) is 12.1 Å². The van der Waals surface area contributed by atoms with Gasteiger partial charge < -0.3 is 14.5 Å². The van der Waals surface area contributed by atoms with Crippen LogP contribution >= 0.6 is 11.8 Å². The van der Waals surface area contributed by atoms with Crippen LogP contribution in [0, 0.1) is 5.92 Å². The molecule has 0 radical (unpaired) electrons. The summed E-state index contributed by atoms with van der Waals surface area (Å²) in [5, 5.41) is 3.35. The Bertz CT molecular complexity index is 372. The molecule has 17 heavy (non-hydrogen) atoms. The molecule has 1 aromatic heterocycles. The van der Waals surface area contributed by atoms with Gasteiger partial charge in [0.2, 0.25) is 0 Å². The van der Waals surface area contributed by atoms with Crippen molar-refractivity contribution in [2.45, 2.75) is 13.0 Å². The summed E-state index contributed by atoms with van der Waals surface area (Å²) in [6.45, 7) is 1.68. The molecule has 1 aliphatic rings. The Morgan fingerprint density at radius 1 is 1.71 bits per heavy atom. The van der Waals surface area contributed by atoms with Crippen molar-refractivity contribution >= 4 is 17.7 Å². The zero-order valence-corrected chi connectivity index (χ0v) is 10.7. The fourth-order valence-corrected chi connectivity index (χ4v) is 3.13. The quantitative estimate of drug-likeness (QED) is 0.814. The molecule has 4 nitrogen and oxygen atoms in total. The number of methoxy groups -OCH3 is 1. The molecule has 94 valence electrons. The van der Waals surface area contributed by atoms with Crippen molar-refractivity contribution in [3.05, 3.63) is 23.7 Å². The Balaban J connectivity index is 1.74. The van der Waals surface area contributed by atoms with E-state index in [4.69, 9.17) is 4.42 Å². The molecular weight excluding hydrogens is 238 g/mol. The number of furan rings is 1. The fraction of sp³-hybridized carbons (Fsp3) is 0.583. The summed E-state index contributed by atoms with van der Waals surface area (Å²) in [6, 6.07) is 1.72. The average molecular weight is 255 g/mol. The maximum Gasteiger partial charge on any atom is 0.341 e. The summed E-state index contributed by atoms with van der Waals surface area (Å²) in [7, 11) is 1.37. The predicted octanol–water partition coefficient (Wildman–Crippen LogP) is 1.91. The van der Waals surface area contributed by atoms with E-state index in [2.05, 4.69) is 10.1 Å². The fourth-order valence-electron chi connectivity index (χ4n) is 1.84. The molecule has 1 N–H and O–H groups in total. The Hall–Kier alpha value is -0.940. The van der Waals surface area contributed by atoms with Crippen LogP contribution in [0.5, 0.6) is 0 Å². The monoisotopic (exact) mass is 255 g/mol. The van der Waals surface area contributed by atoms with E-state index in [1.165, 1.54) is 31.3 Å². The van der Waals surface area contributed by atoms with Crippen LogP contribution in [-0.4, -0.2) is 31.1 Å². The van der Waals surface area contributed by atoms with E-state index in [1.54, 1.807) is 6.07 Å². The Kier molecular flexibility index (Phi) is 4.50. The molecule has 0 saturated carbocycles. The zero-order chi connectivity index (χ0) is 12.1. The number of esters is 1. The van der Waals surface area contributed by atoms with Crippen LogP contribution in [0.2, 0.25) is 0 Å². The second-order valence-electron chi connectivity index (χ2n) is 4.15. The van der Waals surface area contributed by atoms with Crippen LogP contribution in [0.3, 0.4) is 0 Å². The third-order valence-corrected chi connectivity index (χ3v) is 4.06. The largest absolute Gasteiger partial charge is 0.467 e. The molecule has 1 atom stereocenters. The van der Waals surface area contributed by atoms with Crippen LogP contribution in [0.4, 0.5) is 0 Å². The first-order valence-electron chi connectivity index (χ1n) is 5.74. The summed E-state index contributed by atoms with van der Waals surface area (Å²) in [4.78, 5) is 11.2. The molecule has 5 heteroatoms. The van der Waals surface area contributed by atoms with E-state index in [0.717, 1.165) is 18.2 Å². The van der Waals surface area contributed by atoms with Crippen LogP contribution in [-0.2, 0) is 11.3 Å². The van der Waals surface area contributed by atoms with Gasteiger partial charge in [0.15, 0.2) is 0 Å². The van der Waals surface area contributed by atoms with E-state index in [1.807, 2.05) is 11.8 Å². The van der Waals surface area contributed by atoms with Crippen LogP contribution in [0.25, 0.3) is 0 Å². The molecule has 1 aromatic rings. The highest BCUT2D eigenvalue weighted by Crippen LogP contribution is 2.22. The maximum absolute atomic E-state index is 11.2. The minimum absolute atomic E-state index is 0.354. The van der Waals surface area contributed by atoms with Gasteiger partial charge in [0.25, 0.3) is 0 Å². The first kappa shape index (κ1) is 12.5. The number of nitrogens with one attached hydrogen (secondary N) is 1. The third-order valence-electron chi connectivity index (χ3n) is 2.83. The summed E-state index contributed by atoms with van der Waals surface area (Å²) >= 11 is 2.01. The highest BCUT2D eigenvalue weighted by molar-refractivity contribution is 7.99. The van der Waals surface area contributed by atoms with E-state index >= 15 is 0 Å². The van der Waals surface area contributed by atoms with Gasteiger partial charge in [-0.2, -0.15) is 11.8 Å². The Morgan fingerprint density at radius 3 is 3.29 bits per heavy atom. The first-order valence-corrected chi connectivity index (χ1v) is 6.89.